The van der Waals surface area contributed by atoms with E-state index in [1.165, 1.54) is 0 Å². The van der Waals surface area contributed by atoms with Gasteiger partial charge in [0.1, 0.15) is 0 Å². The Morgan fingerprint density at radius 1 is 1.27 bits per heavy atom. The van der Waals surface area contributed by atoms with Gasteiger partial charge in [0.25, 0.3) is 5.56 Å². The molecule has 0 saturated carbocycles. The van der Waals surface area contributed by atoms with Gasteiger partial charge >= 0.3 is 0 Å². The number of aromatic nitrogens is 1. The Morgan fingerprint density at radius 3 is 2.73 bits per heavy atom. The molecule has 2 N–H and O–H groups in total. The van der Waals surface area contributed by atoms with Crippen molar-refractivity contribution in [3.8, 4) is 0 Å². The SMILES string of the molecule is C[C@@H](N)Cn1c(=O)ccc2ccccc21. The number of nitrogens with zero attached hydrogens (tertiary/aromatic N) is 1. The summed E-state index contributed by atoms with van der Waals surface area (Å²) in [5.74, 6) is 0. The van der Waals surface area contributed by atoms with Gasteiger partial charge in [-0.05, 0) is 24.4 Å². The minimum atomic E-state index is -0.0199. The molecular formula is C12H14N2O. The zero-order valence-electron chi connectivity index (χ0n) is 8.68. The average molecular weight is 202 g/mol. The van der Waals surface area contributed by atoms with Gasteiger partial charge in [-0.3, -0.25) is 4.79 Å². The van der Waals surface area contributed by atoms with Crippen LogP contribution in [-0.2, 0) is 6.54 Å². The largest absolute Gasteiger partial charge is 0.326 e. The summed E-state index contributed by atoms with van der Waals surface area (Å²) in [6.07, 6.45) is 0. The van der Waals surface area contributed by atoms with Crippen molar-refractivity contribution < 1.29 is 0 Å². The second-order valence-corrected chi connectivity index (χ2v) is 3.82. The van der Waals surface area contributed by atoms with Crippen molar-refractivity contribution in [2.24, 2.45) is 5.73 Å². The van der Waals surface area contributed by atoms with Gasteiger partial charge < -0.3 is 10.3 Å². The number of rotatable bonds is 2. The maximum atomic E-state index is 11.7. The van der Waals surface area contributed by atoms with E-state index in [0.717, 1.165) is 10.9 Å². The van der Waals surface area contributed by atoms with Crippen LogP contribution >= 0.6 is 0 Å². The van der Waals surface area contributed by atoms with Crippen molar-refractivity contribution in [3.05, 3.63) is 46.8 Å². The molecule has 3 heteroatoms. The summed E-state index contributed by atoms with van der Waals surface area (Å²) in [5.41, 5.74) is 6.68. The third kappa shape index (κ3) is 1.92. The highest BCUT2D eigenvalue weighted by Gasteiger charge is 2.03. The molecule has 78 valence electrons. The van der Waals surface area contributed by atoms with Crippen LogP contribution in [0.4, 0.5) is 0 Å². The van der Waals surface area contributed by atoms with Crippen LogP contribution in [0.15, 0.2) is 41.2 Å². The second-order valence-electron chi connectivity index (χ2n) is 3.82. The van der Waals surface area contributed by atoms with Crippen LogP contribution in [0, 0.1) is 0 Å². The van der Waals surface area contributed by atoms with E-state index < -0.39 is 0 Å². The fraction of sp³-hybridized carbons (Fsp3) is 0.250. The third-order valence-electron chi connectivity index (χ3n) is 2.37. The summed E-state index contributed by atoms with van der Waals surface area (Å²) < 4.78 is 1.72. The lowest BCUT2D eigenvalue weighted by atomic mass is 10.2. The van der Waals surface area contributed by atoms with Gasteiger partial charge in [-0.1, -0.05) is 18.2 Å². The zero-order valence-corrected chi connectivity index (χ0v) is 8.68. The first-order chi connectivity index (χ1) is 7.18. The smallest absolute Gasteiger partial charge is 0.251 e. The maximum absolute atomic E-state index is 11.7. The maximum Gasteiger partial charge on any atom is 0.251 e. The summed E-state index contributed by atoms with van der Waals surface area (Å²) in [6.45, 7) is 2.45. The Hall–Kier alpha value is -1.61. The van der Waals surface area contributed by atoms with Gasteiger partial charge in [-0.2, -0.15) is 0 Å². The molecule has 0 unspecified atom stereocenters. The van der Waals surface area contributed by atoms with Gasteiger partial charge in [-0.25, -0.2) is 0 Å². The molecule has 1 aromatic heterocycles. The van der Waals surface area contributed by atoms with Crippen LogP contribution in [0.5, 0.6) is 0 Å². The molecule has 0 radical (unpaired) electrons. The Morgan fingerprint density at radius 2 is 2.00 bits per heavy atom. The molecule has 0 spiro atoms. The van der Waals surface area contributed by atoms with Crippen molar-refractivity contribution in [2.75, 3.05) is 0 Å². The van der Waals surface area contributed by atoms with Gasteiger partial charge in [0.05, 0.1) is 5.52 Å². The number of pyridine rings is 1. The van der Waals surface area contributed by atoms with E-state index in [1.54, 1.807) is 10.6 Å². The molecule has 15 heavy (non-hydrogen) atoms. The van der Waals surface area contributed by atoms with Crippen LogP contribution in [0.2, 0.25) is 0 Å². The summed E-state index contributed by atoms with van der Waals surface area (Å²) in [4.78, 5) is 11.7. The van der Waals surface area contributed by atoms with Crippen LogP contribution in [0.3, 0.4) is 0 Å². The summed E-state index contributed by atoms with van der Waals surface area (Å²) >= 11 is 0. The lowest BCUT2D eigenvalue weighted by molar-refractivity contribution is 0.590. The number of nitrogens with two attached hydrogens (primary N) is 1. The lowest BCUT2D eigenvalue weighted by Crippen LogP contribution is -2.29. The molecule has 1 atom stereocenters. The quantitative estimate of drug-likeness (QED) is 0.799. The topological polar surface area (TPSA) is 48.0 Å². The Labute approximate surface area is 88.1 Å². The van der Waals surface area contributed by atoms with Gasteiger partial charge in [0.15, 0.2) is 0 Å². The minimum absolute atomic E-state index is 0.00556. The molecular weight excluding hydrogens is 188 g/mol. The first-order valence-electron chi connectivity index (χ1n) is 5.02. The fourth-order valence-electron chi connectivity index (χ4n) is 1.72. The van der Waals surface area contributed by atoms with E-state index in [1.807, 2.05) is 37.3 Å². The summed E-state index contributed by atoms with van der Waals surface area (Å²) in [6, 6.07) is 11.2. The highest BCUT2D eigenvalue weighted by Crippen LogP contribution is 2.10. The number of fused-ring (bicyclic) bond motifs is 1. The molecule has 0 fully saturated rings. The van der Waals surface area contributed by atoms with Crippen molar-refractivity contribution in [1.82, 2.24) is 4.57 Å². The molecule has 0 saturated heterocycles. The van der Waals surface area contributed by atoms with Crippen LogP contribution < -0.4 is 11.3 Å². The monoisotopic (exact) mass is 202 g/mol. The van der Waals surface area contributed by atoms with E-state index in [9.17, 15) is 4.79 Å². The summed E-state index contributed by atoms with van der Waals surface area (Å²) in [7, 11) is 0. The standard InChI is InChI=1S/C12H14N2O/c1-9(13)8-14-11-5-3-2-4-10(11)6-7-12(14)15/h2-7,9H,8,13H2,1H3/t9-/m1/s1. The first kappa shape index (κ1) is 9.93. The Balaban J connectivity index is 2.68. The predicted octanol–water partition coefficient (Wildman–Crippen LogP) is 1.35. The molecule has 0 aliphatic rings. The predicted molar refractivity (Wildman–Crippen MR) is 61.9 cm³/mol. The van der Waals surface area contributed by atoms with Gasteiger partial charge in [0, 0.05) is 18.7 Å². The zero-order chi connectivity index (χ0) is 10.8. The van der Waals surface area contributed by atoms with Crippen molar-refractivity contribution in [3.63, 3.8) is 0 Å². The molecule has 3 nitrogen and oxygen atoms in total. The van der Waals surface area contributed by atoms with E-state index in [0.29, 0.717) is 6.54 Å². The molecule has 0 aliphatic heterocycles. The summed E-state index contributed by atoms with van der Waals surface area (Å²) in [5, 5.41) is 1.07. The molecule has 0 bridgehead atoms. The van der Waals surface area contributed by atoms with Crippen molar-refractivity contribution in [1.29, 1.82) is 0 Å². The number of benzene rings is 1. The average Bonchev–Trinajstić information content (AvgIpc) is 2.22. The third-order valence-corrected chi connectivity index (χ3v) is 2.37. The molecule has 2 aromatic rings. The Bertz CT molecular complexity index is 528. The molecule has 1 aromatic carbocycles. The second kappa shape index (κ2) is 3.87. The highest BCUT2D eigenvalue weighted by molar-refractivity contribution is 5.78. The number of para-hydroxylation sites is 1. The van der Waals surface area contributed by atoms with Gasteiger partial charge in [0.2, 0.25) is 0 Å². The van der Waals surface area contributed by atoms with Crippen molar-refractivity contribution in [2.45, 2.75) is 19.5 Å². The van der Waals surface area contributed by atoms with E-state index >= 15 is 0 Å². The van der Waals surface area contributed by atoms with E-state index in [2.05, 4.69) is 0 Å². The van der Waals surface area contributed by atoms with Gasteiger partial charge in [-0.15, -0.1) is 0 Å². The fourth-order valence-corrected chi connectivity index (χ4v) is 1.72. The molecule has 0 amide bonds. The minimum Gasteiger partial charge on any atom is -0.326 e. The lowest BCUT2D eigenvalue weighted by Gasteiger charge is -2.11. The van der Waals surface area contributed by atoms with Crippen LogP contribution in [-0.4, -0.2) is 10.6 Å². The van der Waals surface area contributed by atoms with E-state index in [-0.39, 0.29) is 11.6 Å². The first-order valence-corrected chi connectivity index (χ1v) is 5.02. The molecule has 0 aliphatic carbocycles. The number of hydrogen-bond acceptors (Lipinski definition) is 2. The van der Waals surface area contributed by atoms with Crippen LogP contribution in [0.1, 0.15) is 6.92 Å². The van der Waals surface area contributed by atoms with E-state index in [4.69, 9.17) is 5.73 Å². The molecule has 1 heterocycles. The highest BCUT2D eigenvalue weighted by atomic mass is 16.1. The Kier molecular flexibility index (Phi) is 2.56. The molecule has 2 rings (SSSR count). The normalized spacial score (nSPS) is 12.9. The number of hydrogen-bond donors (Lipinski definition) is 1. The van der Waals surface area contributed by atoms with Crippen molar-refractivity contribution >= 4 is 10.9 Å². The van der Waals surface area contributed by atoms with Crippen LogP contribution in [0.25, 0.3) is 10.9 Å².